The van der Waals surface area contributed by atoms with E-state index >= 15 is 0 Å². The minimum absolute atomic E-state index is 0. The van der Waals surface area contributed by atoms with Gasteiger partial charge in [-0.25, -0.2) is 4.79 Å². The molecular weight excluding hydrogens is 317 g/mol. The van der Waals surface area contributed by atoms with E-state index in [1.165, 1.54) is 19.2 Å². The maximum atomic E-state index is 10.6. The fourth-order valence-electron chi connectivity index (χ4n) is 1.12. The van der Waals surface area contributed by atoms with Crippen LogP contribution in [-0.4, -0.2) is 29.4 Å². The van der Waals surface area contributed by atoms with Crippen molar-refractivity contribution in [1.82, 2.24) is 0 Å². The number of rotatable bonds is 4. The van der Waals surface area contributed by atoms with Gasteiger partial charge in [-0.2, -0.15) is 0 Å². The summed E-state index contributed by atoms with van der Waals surface area (Å²) in [5, 5.41) is 17.7. The SMILES string of the molecule is COC(Cc1ccc(O)cc1)C(=O)O.[Cs+].[H-]. The molecule has 4 nitrogen and oxygen atoms in total. The van der Waals surface area contributed by atoms with Gasteiger partial charge in [-0.15, -0.1) is 0 Å². The van der Waals surface area contributed by atoms with Crippen molar-refractivity contribution >= 4 is 5.97 Å². The van der Waals surface area contributed by atoms with Crippen LogP contribution in [0.1, 0.15) is 6.99 Å². The molecule has 0 saturated carbocycles. The fourth-order valence-corrected chi connectivity index (χ4v) is 1.12. The number of aromatic hydroxyl groups is 1. The number of hydrogen-bond donors (Lipinski definition) is 2. The second kappa shape index (κ2) is 7.72. The van der Waals surface area contributed by atoms with Crippen molar-refractivity contribution in [2.45, 2.75) is 12.5 Å². The molecule has 1 rings (SSSR count). The van der Waals surface area contributed by atoms with Gasteiger partial charge >= 0.3 is 74.9 Å². The minimum Gasteiger partial charge on any atom is -1.00 e. The van der Waals surface area contributed by atoms with Crippen molar-refractivity contribution in [2.24, 2.45) is 0 Å². The molecule has 0 aliphatic heterocycles. The second-order valence-electron chi connectivity index (χ2n) is 2.93. The third-order valence-corrected chi connectivity index (χ3v) is 1.92. The molecule has 1 atom stereocenters. The number of hydrogen-bond acceptors (Lipinski definition) is 3. The average Bonchev–Trinajstić information content (AvgIpc) is 2.16. The van der Waals surface area contributed by atoms with Crippen LogP contribution in [0.3, 0.4) is 0 Å². The van der Waals surface area contributed by atoms with E-state index in [-0.39, 0.29) is 76.1 Å². The van der Waals surface area contributed by atoms with Crippen LogP contribution in [0.2, 0.25) is 0 Å². The molecule has 1 aromatic carbocycles. The van der Waals surface area contributed by atoms with E-state index in [1.54, 1.807) is 12.1 Å². The van der Waals surface area contributed by atoms with E-state index < -0.39 is 12.1 Å². The molecule has 0 radical (unpaired) electrons. The van der Waals surface area contributed by atoms with Crippen LogP contribution in [0.4, 0.5) is 0 Å². The van der Waals surface area contributed by atoms with Gasteiger partial charge in [-0.1, -0.05) is 12.1 Å². The zero-order valence-corrected chi connectivity index (χ0v) is 15.1. The van der Waals surface area contributed by atoms with E-state index in [4.69, 9.17) is 14.9 Å². The first kappa shape index (κ1) is 15.5. The topological polar surface area (TPSA) is 66.8 Å². The zero-order valence-electron chi connectivity index (χ0n) is 9.80. The van der Waals surface area contributed by atoms with Crippen LogP contribution in [0, 0.1) is 0 Å². The molecule has 78 valence electrons. The fraction of sp³-hybridized carbons (Fsp3) is 0.300. The van der Waals surface area contributed by atoms with Crippen LogP contribution in [0.25, 0.3) is 0 Å². The molecule has 2 N–H and O–H groups in total. The predicted octanol–water partition coefficient (Wildman–Crippen LogP) is -1.85. The maximum absolute atomic E-state index is 10.6. The Labute approximate surface area is 149 Å². The molecule has 0 bridgehead atoms. The predicted molar refractivity (Wildman–Crippen MR) is 51.4 cm³/mol. The summed E-state index contributed by atoms with van der Waals surface area (Å²) < 4.78 is 4.78. The number of ether oxygens (including phenoxy) is 1. The molecule has 0 aromatic heterocycles. The van der Waals surface area contributed by atoms with Gasteiger partial charge in [-0.05, 0) is 17.7 Å². The number of phenols is 1. The van der Waals surface area contributed by atoms with Crippen molar-refractivity contribution in [3.8, 4) is 5.75 Å². The Morgan fingerprint density at radius 2 is 2.00 bits per heavy atom. The normalized spacial score (nSPS) is 11.5. The third kappa shape index (κ3) is 5.39. The van der Waals surface area contributed by atoms with Crippen molar-refractivity contribution in [1.29, 1.82) is 0 Å². The molecule has 0 aliphatic rings. The molecule has 1 aromatic rings. The van der Waals surface area contributed by atoms with Crippen molar-refractivity contribution < 1.29 is 90.1 Å². The molecule has 1 unspecified atom stereocenters. The van der Waals surface area contributed by atoms with Crippen LogP contribution < -0.4 is 68.9 Å². The van der Waals surface area contributed by atoms with Gasteiger partial charge in [0.05, 0.1) is 0 Å². The molecular formula is C10H13CsO4. The maximum Gasteiger partial charge on any atom is 1.00 e. The Morgan fingerprint density at radius 1 is 1.47 bits per heavy atom. The van der Waals surface area contributed by atoms with Crippen LogP contribution in [-0.2, 0) is 16.0 Å². The summed E-state index contributed by atoms with van der Waals surface area (Å²) in [6, 6.07) is 6.38. The Balaban J connectivity index is 0. The first-order chi connectivity index (χ1) is 6.63. The number of benzene rings is 1. The summed E-state index contributed by atoms with van der Waals surface area (Å²) in [7, 11) is 1.36. The summed E-state index contributed by atoms with van der Waals surface area (Å²) in [5.74, 6) is -0.821. The first-order valence-corrected chi connectivity index (χ1v) is 4.17. The van der Waals surface area contributed by atoms with E-state index in [9.17, 15) is 4.79 Å². The number of carboxylic acid groups (broad SMARTS) is 1. The van der Waals surface area contributed by atoms with Crippen LogP contribution >= 0.6 is 0 Å². The van der Waals surface area contributed by atoms with E-state index in [1.807, 2.05) is 0 Å². The summed E-state index contributed by atoms with van der Waals surface area (Å²) in [5.41, 5.74) is 0.817. The summed E-state index contributed by atoms with van der Waals surface area (Å²) in [6.07, 6.45) is -0.536. The van der Waals surface area contributed by atoms with Crippen LogP contribution in [0.15, 0.2) is 24.3 Å². The number of aliphatic carboxylic acids is 1. The number of carboxylic acids is 1. The molecule has 0 spiro atoms. The van der Waals surface area contributed by atoms with E-state index in [0.717, 1.165) is 5.56 Å². The second-order valence-corrected chi connectivity index (χ2v) is 2.93. The number of methoxy groups -OCH3 is 1. The third-order valence-electron chi connectivity index (χ3n) is 1.92. The van der Waals surface area contributed by atoms with Gasteiger partial charge in [0.2, 0.25) is 0 Å². The molecule has 0 saturated heterocycles. The van der Waals surface area contributed by atoms with Gasteiger partial charge in [-0.3, -0.25) is 0 Å². The van der Waals surface area contributed by atoms with Crippen molar-refractivity contribution in [2.75, 3.05) is 7.11 Å². The molecule has 0 aliphatic carbocycles. The van der Waals surface area contributed by atoms with Gasteiger partial charge in [0, 0.05) is 13.5 Å². The van der Waals surface area contributed by atoms with Crippen molar-refractivity contribution in [3.63, 3.8) is 0 Å². The molecule has 0 amide bonds. The first-order valence-electron chi connectivity index (χ1n) is 4.17. The van der Waals surface area contributed by atoms with Crippen molar-refractivity contribution in [3.05, 3.63) is 29.8 Å². The monoisotopic (exact) mass is 330 g/mol. The Kier molecular flexibility index (Phi) is 7.98. The smallest absolute Gasteiger partial charge is 1.00 e. The molecule has 0 fully saturated rings. The van der Waals surface area contributed by atoms with Crippen LogP contribution in [0.5, 0.6) is 5.75 Å². The summed E-state index contributed by atoms with van der Waals surface area (Å²) in [6.45, 7) is 0. The van der Waals surface area contributed by atoms with Gasteiger partial charge < -0.3 is 16.4 Å². The molecule has 0 heterocycles. The van der Waals surface area contributed by atoms with Gasteiger partial charge in [0.15, 0.2) is 6.10 Å². The Morgan fingerprint density at radius 3 is 2.40 bits per heavy atom. The van der Waals surface area contributed by atoms with E-state index in [2.05, 4.69) is 0 Å². The van der Waals surface area contributed by atoms with Gasteiger partial charge in [0.1, 0.15) is 5.75 Å². The quantitative estimate of drug-likeness (QED) is 0.680. The summed E-state index contributed by atoms with van der Waals surface area (Å²) >= 11 is 0. The number of phenolic OH excluding ortho intramolecular Hbond substituents is 1. The average molecular weight is 330 g/mol. The Hall–Kier alpha value is 0.502. The standard InChI is InChI=1S/C10H12O4.Cs.H/c1-14-9(10(12)13)6-7-2-4-8(11)5-3-7;;/h2-5,9,11H,6H2,1H3,(H,12,13);;/q;+1;-1. The Bertz CT molecular complexity index is 315. The largest absolute Gasteiger partial charge is 1.00 e. The van der Waals surface area contributed by atoms with E-state index in [0.29, 0.717) is 6.42 Å². The zero-order chi connectivity index (χ0) is 10.6. The summed E-state index contributed by atoms with van der Waals surface area (Å²) in [4.78, 5) is 10.6. The molecule has 15 heavy (non-hydrogen) atoms. The van der Waals surface area contributed by atoms with Gasteiger partial charge in [0.25, 0.3) is 0 Å². The molecule has 5 heteroatoms. The number of carbonyl (C=O) groups is 1. The minimum atomic E-state index is -0.986.